The first-order chi connectivity index (χ1) is 9.96. The maximum absolute atomic E-state index is 12.1. The van der Waals surface area contributed by atoms with Gasteiger partial charge in [-0.1, -0.05) is 13.0 Å². The molecule has 0 unspecified atom stereocenters. The average molecular weight is 305 g/mol. The Morgan fingerprint density at radius 3 is 2.62 bits per heavy atom. The molecule has 1 aromatic rings. The van der Waals surface area contributed by atoms with E-state index in [2.05, 4.69) is 12.2 Å². The number of ether oxygens (including phenoxy) is 2. The number of hydrogen-bond acceptors (Lipinski definition) is 3. The van der Waals surface area contributed by atoms with Crippen molar-refractivity contribution in [3.8, 4) is 11.5 Å². The highest BCUT2D eigenvalue weighted by Crippen LogP contribution is 2.26. The lowest BCUT2D eigenvalue weighted by atomic mass is 10.2. The second kappa shape index (κ2) is 8.77. The number of alkyl halides is 3. The normalized spacial score (nSPS) is 11.5. The van der Waals surface area contributed by atoms with E-state index in [0.29, 0.717) is 18.0 Å². The Bertz CT molecular complexity index is 422. The molecule has 0 amide bonds. The van der Waals surface area contributed by atoms with Gasteiger partial charge in [-0.2, -0.15) is 13.2 Å². The van der Waals surface area contributed by atoms with E-state index in [4.69, 9.17) is 9.47 Å². The highest BCUT2D eigenvalue weighted by Gasteiger charge is 2.26. The van der Waals surface area contributed by atoms with Gasteiger partial charge in [0, 0.05) is 24.6 Å². The maximum atomic E-state index is 12.1. The van der Waals surface area contributed by atoms with Crippen molar-refractivity contribution in [1.82, 2.24) is 5.32 Å². The summed E-state index contributed by atoms with van der Waals surface area (Å²) in [6.45, 7) is 3.59. The van der Waals surface area contributed by atoms with Gasteiger partial charge in [0.15, 0.2) is 0 Å². The Morgan fingerprint density at radius 1 is 1.24 bits per heavy atom. The zero-order valence-corrected chi connectivity index (χ0v) is 12.4. The Hall–Kier alpha value is -1.43. The lowest BCUT2D eigenvalue weighted by Gasteiger charge is -2.14. The van der Waals surface area contributed by atoms with Crippen molar-refractivity contribution in [2.24, 2.45) is 0 Å². The number of rotatable bonds is 9. The minimum Gasteiger partial charge on any atom is -0.497 e. The number of halogens is 3. The molecule has 0 atom stereocenters. The van der Waals surface area contributed by atoms with Gasteiger partial charge in [-0.15, -0.1) is 0 Å². The van der Waals surface area contributed by atoms with Crippen LogP contribution in [0.15, 0.2) is 18.2 Å². The molecule has 120 valence electrons. The van der Waals surface area contributed by atoms with Gasteiger partial charge in [0.2, 0.25) is 0 Å². The molecule has 1 aromatic carbocycles. The monoisotopic (exact) mass is 305 g/mol. The summed E-state index contributed by atoms with van der Waals surface area (Å²) in [5.74, 6) is 1.19. The fourth-order valence-corrected chi connectivity index (χ4v) is 1.80. The van der Waals surface area contributed by atoms with Gasteiger partial charge in [-0.3, -0.25) is 0 Å². The molecule has 1 rings (SSSR count). The lowest BCUT2D eigenvalue weighted by molar-refractivity contribution is -0.136. The molecular weight excluding hydrogens is 283 g/mol. The molecule has 21 heavy (non-hydrogen) atoms. The van der Waals surface area contributed by atoms with E-state index in [9.17, 15) is 13.2 Å². The second-order valence-corrected chi connectivity index (χ2v) is 4.72. The largest absolute Gasteiger partial charge is 0.497 e. The van der Waals surface area contributed by atoms with Gasteiger partial charge in [-0.05, 0) is 25.5 Å². The van der Waals surface area contributed by atoms with Crippen molar-refractivity contribution >= 4 is 0 Å². The fourth-order valence-electron chi connectivity index (χ4n) is 1.80. The minimum atomic E-state index is -4.14. The Balaban J connectivity index is 2.59. The van der Waals surface area contributed by atoms with Crippen molar-refractivity contribution in [2.75, 3.05) is 20.3 Å². The van der Waals surface area contributed by atoms with Gasteiger partial charge in [0.05, 0.1) is 13.7 Å². The smallest absolute Gasteiger partial charge is 0.389 e. The van der Waals surface area contributed by atoms with Crippen LogP contribution in [-0.4, -0.2) is 26.4 Å². The predicted molar refractivity (Wildman–Crippen MR) is 75.8 cm³/mol. The molecule has 0 spiro atoms. The van der Waals surface area contributed by atoms with Gasteiger partial charge in [0.1, 0.15) is 11.5 Å². The topological polar surface area (TPSA) is 30.5 Å². The third-order valence-corrected chi connectivity index (χ3v) is 2.88. The summed E-state index contributed by atoms with van der Waals surface area (Å²) in [6, 6.07) is 5.38. The molecule has 0 saturated carbocycles. The van der Waals surface area contributed by atoms with E-state index in [0.717, 1.165) is 18.5 Å². The lowest BCUT2D eigenvalue weighted by Crippen LogP contribution is -2.15. The second-order valence-electron chi connectivity index (χ2n) is 4.72. The summed E-state index contributed by atoms with van der Waals surface area (Å²) in [5, 5.41) is 3.24. The molecule has 0 saturated heterocycles. The van der Waals surface area contributed by atoms with E-state index in [1.165, 1.54) is 7.11 Å². The molecule has 0 fully saturated rings. The minimum absolute atomic E-state index is 0.0352. The zero-order chi connectivity index (χ0) is 15.7. The van der Waals surface area contributed by atoms with Crippen molar-refractivity contribution in [1.29, 1.82) is 0 Å². The number of nitrogens with one attached hydrogen (secondary N) is 1. The number of hydrogen-bond donors (Lipinski definition) is 1. The Kier molecular flexibility index (Phi) is 7.36. The molecule has 0 heterocycles. The summed E-state index contributed by atoms with van der Waals surface area (Å²) in [5.41, 5.74) is 0.913. The summed E-state index contributed by atoms with van der Waals surface area (Å²) >= 11 is 0. The summed E-state index contributed by atoms with van der Waals surface area (Å²) < 4.78 is 46.9. The SMILES string of the molecule is CCCNCc1ccc(OC)cc1OCCCC(F)(F)F. The predicted octanol–water partition coefficient (Wildman–Crippen LogP) is 3.92. The summed E-state index contributed by atoms with van der Waals surface area (Å²) in [6.07, 6.45) is -4.01. The van der Waals surface area contributed by atoms with Crippen molar-refractivity contribution in [3.05, 3.63) is 23.8 Å². The van der Waals surface area contributed by atoms with Gasteiger partial charge in [-0.25, -0.2) is 0 Å². The fraction of sp³-hybridized carbons (Fsp3) is 0.600. The standard InChI is InChI=1S/C15H22F3NO2/c1-3-8-19-11-12-5-6-13(20-2)10-14(12)21-9-4-7-15(16,17)18/h5-6,10,19H,3-4,7-9,11H2,1-2H3. The van der Waals surface area contributed by atoms with Crippen LogP contribution in [0, 0.1) is 0 Å². The van der Waals surface area contributed by atoms with Crippen LogP contribution in [0.5, 0.6) is 11.5 Å². The Labute approximate surface area is 123 Å². The number of benzene rings is 1. The molecule has 0 aliphatic carbocycles. The van der Waals surface area contributed by atoms with E-state index >= 15 is 0 Å². The van der Waals surface area contributed by atoms with Gasteiger partial charge >= 0.3 is 6.18 Å². The molecule has 0 bridgehead atoms. The van der Waals surface area contributed by atoms with Gasteiger partial charge < -0.3 is 14.8 Å². The van der Waals surface area contributed by atoms with Crippen LogP contribution in [-0.2, 0) is 6.54 Å². The highest BCUT2D eigenvalue weighted by molar-refractivity contribution is 5.40. The van der Waals surface area contributed by atoms with Crippen LogP contribution < -0.4 is 14.8 Å². The van der Waals surface area contributed by atoms with Crippen LogP contribution >= 0.6 is 0 Å². The number of methoxy groups -OCH3 is 1. The van der Waals surface area contributed by atoms with Crippen molar-refractivity contribution in [3.63, 3.8) is 0 Å². The van der Waals surface area contributed by atoms with Gasteiger partial charge in [0.25, 0.3) is 0 Å². The van der Waals surface area contributed by atoms with E-state index in [1.807, 2.05) is 12.1 Å². The highest BCUT2D eigenvalue weighted by atomic mass is 19.4. The first kappa shape index (κ1) is 17.6. The molecule has 1 N–H and O–H groups in total. The third-order valence-electron chi connectivity index (χ3n) is 2.88. The van der Waals surface area contributed by atoms with Crippen molar-refractivity contribution in [2.45, 2.75) is 38.9 Å². The quantitative estimate of drug-likeness (QED) is 0.702. The molecule has 0 aliphatic heterocycles. The van der Waals surface area contributed by atoms with Crippen LogP contribution in [0.2, 0.25) is 0 Å². The average Bonchev–Trinajstić information content (AvgIpc) is 2.44. The van der Waals surface area contributed by atoms with Crippen LogP contribution in [0.1, 0.15) is 31.7 Å². The van der Waals surface area contributed by atoms with Crippen LogP contribution in [0.3, 0.4) is 0 Å². The summed E-state index contributed by atoms with van der Waals surface area (Å²) in [7, 11) is 1.54. The first-order valence-corrected chi connectivity index (χ1v) is 7.03. The maximum Gasteiger partial charge on any atom is 0.389 e. The first-order valence-electron chi connectivity index (χ1n) is 7.03. The van der Waals surface area contributed by atoms with E-state index in [-0.39, 0.29) is 13.0 Å². The molecular formula is C15H22F3NO2. The molecule has 0 aliphatic rings. The zero-order valence-electron chi connectivity index (χ0n) is 12.4. The molecule has 0 aromatic heterocycles. The van der Waals surface area contributed by atoms with Crippen LogP contribution in [0.25, 0.3) is 0 Å². The molecule has 0 radical (unpaired) electrons. The van der Waals surface area contributed by atoms with E-state index < -0.39 is 12.6 Å². The third kappa shape index (κ3) is 7.22. The Morgan fingerprint density at radius 2 is 2.00 bits per heavy atom. The summed E-state index contributed by atoms with van der Waals surface area (Å²) in [4.78, 5) is 0. The van der Waals surface area contributed by atoms with Crippen molar-refractivity contribution < 1.29 is 22.6 Å². The van der Waals surface area contributed by atoms with Crippen LogP contribution in [0.4, 0.5) is 13.2 Å². The molecule has 6 heteroatoms. The van der Waals surface area contributed by atoms with E-state index in [1.54, 1.807) is 6.07 Å². The molecule has 3 nitrogen and oxygen atoms in total.